The standard InChI is InChI=1S/C18H11Br2N3O4S/c1-8(24)27-15-11(20)3-9(4-13(15)26-2)5-14-17(25)23-16-12(22-18(23)28-14)6-10(19)7-21-16/h3-7H,1-2H3. The highest BCUT2D eigenvalue weighted by Crippen LogP contribution is 2.37. The molecule has 4 aromatic rings. The Morgan fingerprint density at radius 3 is 2.79 bits per heavy atom. The number of carbonyl (C=O) groups is 1. The molecular formula is C18H11Br2N3O4S. The Balaban J connectivity index is 1.88. The summed E-state index contributed by atoms with van der Waals surface area (Å²) in [6.45, 7) is 1.31. The largest absolute Gasteiger partial charge is 0.493 e. The van der Waals surface area contributed by atoms with Gasteiger partial charge in [0.15, 0.2) is 22.1 Å². The van der Waals surface area contributed by atoms with Gasteiger partial charge in [0.25, 0.3) is 5.56 Å². The third kappa shape index (κ3) is 3.31. The van der Waals surface area contributed by atoms with Gasteiger partial charge < -0.3 is 9.47 Å². The van der Waals surface area contributed by atoms with E-state index in [1.165, 1.54) is 29.8 Å². The molecular weight excluding hydrogens is 514 g/mol. The van der Waals surface area contributed by atoms with Gasteiger partial charge in [0.1, 0.15) is 5.52 Å². The van der Waals surface area contributed by atoms with Gasteiger partial charge in [0, 0.05) is 17.6 Å². The summed E-state index contributed by atoms with van der Waals surface area (Å²) in [6, 6.07) is 5.26. The average molecular weight is 525 g/mol. The van der Waals surface area contributed by atoms with Crippen LogP contribution in [0.2, 0.25) is 0 Å². The molecule has 4 rings (SSSR count). The van der Waals surface area contributed by atoms with Gasteiger partial charge in [-0.3, -0.25) is 9.59 Å². The lowest BCUT2D eigenvalue weighted by Crippen LogP contribution is -2.23. The van der Waals surface area contributed by atoms with E-state index >= 15 is 0 Å². The maximum Gasteiger partial charge on any atom is 0.308 e. The molecule has 3 heterocycles. The molecule has 0 spiro atoms. The number of hydrogen-bond donors (Lipinski definition) is 0. The molecule has 0 aliphatic heterocycles. The number of hydrogen-bond acceptors (Lipinski definition) is 7. The monoisotopic (exact) mass is 523 g/mol. The summed E-state index contributed by atoms with van der Waals surface area (Å²) >= 11 is 8.01. The number of benzene rings is 1. The number of pyridine rings is 1. The van der Waals surface area contributed by atoms with Crippen molar-refractivity contribution in [2.75, 3.05) is 7.11 Å². The molecule has 0 saturated heterocycles. The number of imidazole rings is 1. The second-order valence-electron chi connectivity index (χ2n) is 5.77. The van der Waals surface area contributed by atoms with Crippen LogP contribution in [0.4, 0.5) is 0 Å². The summed E-state index contributed by atoms with van der Waals surface area (Å²) in [5.74, 6) is 0.209. The molecule has 1 aromatic carbocycles. The van der Waals surface area contributed by atoms with Crippen molar-refractivity contribution in [1.82, 2.24) is 14.4 Å². The van der Waals surface area contributed by atoms with Gasteiger partial charge in [-0.15, -0.1) is 0 Å². The number of rotatable bonds is 3. The van der Waals surface area contributed by atoms with Crippen molar-refractivity contribution in [3.63, 3.8) is 0 Å². The van der Waals surface area contributed by atoms with Crippen LogP contribution in [-0.2, 0) is 4.79 Å². The van der Waals surface area contributed by atoms with Crippen molar-refractivity contribution in [3.8, 4) is 11.5 Å². The smallest absolute Gasteiger partial charge is 0.308 e. The fourth-order valence-electron chi connectivity index (χ4n) is 2.73. The van der Waals surface area contributed by atoms with Crippen molar-refractivity contribution in [2.45, 2.75) is 6.92 Å². The molecule has 0 bridgehead atoms. The lowest BCUT2D eigenvalue weighted by Gasteiger charge is -2.10. The number of ether oxygens (including phenoxy) is 2. The highest BCUT2D eigenvalue weighted by molar-refractivity contribution is 9.10. The lowest BCUT2D eigenvalue weighted by molar-refractivity contribution is -0.132. The van der Waals surface area contributed by atoms with E-state index in [9.17, 15) is 9.59 Å². The predicted octanol–water partition coefficient (Wildman–Crippen LogP) is 3.31. The summed E-state index contributed by atoms with van der Waals surface area (Å²) in [5.41, 5.74) is 1.68. The number of thiazole rings is 1. The number of fused-ring (bicyclic) bond motifs is 3. The lowest BCUT2D eigenvalue weighted by atomic mass is 10.2. The summed E-state index contributed by atoms with van der Waals surface area (Å²) in [5, 5.41) is 0. The second-order valence-corrected chi connectivity index (χ2v) is 8.55. The van der Waals surface area contributed by atoms with Crippen molar-refractivity contribution >= 4 is 71.4 Å². The van der Waals surface area contributed by atoms with E-state index in [0.29, 0.717) is 36.4 Å². The first-order valence-corrected chi connectivity index (χ1v) is 10.3. The first-order valence-electron chi connectivity index (χ1n) is 7.91. The normalized spacial score (nSPS) is 12.1. The van der Waals surface area contributed by atoms with Crippen LogP contribution in [0, 0.1) is 0 Å². The Morgan fingerprint density at radius 1 is 1.29 bits per heavy atom. The van der Waals surface area contributed by atoms with Crippen LogP contribution in [0.3, 0.4) is 0 Å². The van der Waals surface area contributed by atoms with Crippen molar-refractivity contribution in [2.24, 2.45) is 0 Å². The van der Waals surface area contributed by atoms with Gasteiger partial charge in [-0.1, -0.05) is 11.3 Å². The van der Waals surface area contributed by atoms with Gasteiger partial charge in [-0.2, -0.15) is 0 Å². The molecule has 10 heteroatoms. The van der Waals surface area contributed by atoms with E-state index in [-0.39, 0.29) is 11.3 Å². The molecule has 0 amide bonds. The maximum atomic E-state index is 12.9. The van der Waals surface area contributed by atoms with Gasteiger partial charge in [0.2, 0.25) is 0 Å². The second kappa shape index (κ2) is 7.26. The zero-order valence-electron chi connectivity index (χ0n) is 14.5. The zero-order valence-corrected chi connectivity index (χ0v) is 18.5. The van der Waals surface area contributed by atoms with Crippen molar-refractivity contribution in [1.29, 1.82) is 0 Å². The zero-order chi connectivity index (χ0) is 20.0. The molecule has 142 valence electrons. The van der Waals surface area contributed by atoms with E-state index in [1.54, 1.807) is 24.4 Å². The minimum atomic E-state index is -0.455. The predicted molar refractivity (Wildman–Crippen MR) is 113 cm³/mol. The van der Waals surface area contributed by atoms with E-state index in [0.717, 1.165) is 4.47 Å². The molecule has 0 atom stereocenters. The summed E-state index contributed by atoms with van der Waals surface area (Å²) in [6.07, 6.45) is 3.36. The first kappa shape index (κ1) is 19.0. The van der Waals surface area contributed by atoms with Crippen LogP contribution in [0.15, 0.2) is 38.1 Å². The van der Waals surface area contributed by atoms with E-state index in [1.807, 2.05) is 6.07 Å². The Bertz CT molecular complexity index is 1360. The van der Waals surface area contributed by atoms with Crippen molar-refractivity contribution in [3.05, 3.63) is 53.8 Å². The van der Waals surface area contributed by atoms with E-state index in [4.69, 9.17) is 9.47 Å². The van der Waals surface area contributed by atoms with Gasteiger partial charge >= 0.3 is 5.97 Å². The molecule has 0 aliphatic carbocycles. The number of esters is 1. The minimum absolute atomic E-state index is 0.198. The molecule has 0 radical (unpaired) electrons. The summed E-state index contributed by atoms with van der Waals surface area (Å²) in [4.78, 5) is 33.5. The van der Waals surface area contributed by atoms with Crippen LogP contribution in [0.1, 0.15) is 12.5 Å². The minimum Gasteiger partial charge on any atom is -0.493 e. The number of nitrogens with zero attached hydrogens (tertiary/aromatic N) is 3. The molecule has 0 saturated carbocycles. The maximum absolute atomic E-state index is 12.9. The summed E-state index contributed by atoms with van der Waals surface area (Å²) < 4.78 is 13.8. The van der Waals surface area contributed by atoms with Crippen LogP contribution < -0.4 is 19.6 Å². The number of aromatic nitrogens is 3. The topological polar surface area (TPSA) is 82.8 Å². The van der Waals surface area contributed by atoms with Crippen molar-refractivity contribution < 1.29 is 14.3 Å². The first-order chi connectivity index (χ1) is 13.4. The Hall–Kier alpha value is -2.30. The van der Waals surface area contributed by atoms with Crippen LogP contribution in [-0.4, -0.2) is 27.4 Å². The third-order valence-corrected chi connectivity index (χ3v) is 5.84. The molecule has 0 unspecified atom stereocenters. The van der Waals surface area contributed by atoms with E-state index in [2.05, 4.69) is 41.8 Å². The molecule has 0 aliphatic rings. The molecule has 0 fully saturated rings. The van der Waals surface area contributed by atoms with Crippen LogP contribution in [0.25, 0.3) is 22.2 Å². The van der Waals surface area contributed by atoms with Gasteiger partial charge in [0.05, 0.1) is 16.1 Å². The SMILES string of the molecule is COc1cc(C=c2sc3nc4cc(Br)cnc4n3c2=O)cc(Br)c1OC(C)=O. The molecule has 28 heavy (non-hydrogen) atoms. The Morgan fingerprint density at radius 2 is 2.07 bits per heavy atom. The average Bonchev–Trinajstić information content (AvgIpc) is 3.12. The quantitative estimate of drug-likeness (QED) is 0.302. The van der Waals surface area contributed by atoms with Crippen LogP contribution >= 0.6 is 43.2 Å². The van der Waals surface area contributed by atoms with Crippen LogP contribution in [0.5, 0.6) is 11.5 Å². The number of methoxy groups -OCH3 is 1. The molecule has 3 aromatic heterocycles. The van der Waals surface area contributed by atoms with E-state index < -0.39 is 5.97 Å². The Labute approximate surface area is 178 Å². The molecule has 0 N–H and O–H groups in total. The number of carbonyl (C=O) groups excluding carboxylic acids is 1. The highest BCUT2D eigenvalue weighted by Gasteiger charge is 2.15. The fraction of sp³-hybridized carbons (Fsp3) is 0.111. The molecule has 7 nitrogen and oxygen atoms in total. The van der Waals surface area contributed by atoms with Gasteiger partial charge in [-0.05, 0) is 61.7 Å². The highest BCUT2D eigenvalue weighted by atomic mass is 79.9. The fourth-order valence-corrected chi connectivity index (χ4v) is 4.57. The number of halogens is 2. The third-order valence-electron chi connectivity index (χ3n) is 3.84. The Kier molecular flexibility index (Phi) is 4.94. The van der Waals surface area contributed by atoms with Gasteiger partial charge in [-0.25, -0.2) is 14.4 Å². The summed E-state index contributed by atoms with van der Waals surface area (Å²) in [7, 11) is 1.48.